The van der Waals surface area contributed by atoms with E-state index in [9.17, 15) is 9.59 Å². The van der Waals surface area contributed by atoms with Crippen LogP contribution in [0.25, 0.3) is 11.3 Å². The summed E-state index contributed by atoms with van der Waals surface area (Å²) in [6, 6.07) is 13.1. The largest absolute Gasteiger partial charge is 0.470 e. The van der Waals surface area contributed by atoms with Crippen molar-refractivity contribution >= 4 is 23.1 Å². The van der Waals surface area contributed by atoms with Gasteiger partial charge in [0, 0.05) is 12.2 Å². The molecule has 1 aliphatic heterocycles. The van der Waals surface area contributed by atoms with Gasteiger partial charge >= 0.3 is 6.03 Å². The lowest BCUT2D eigenvalue weighted by atomic mass is 9.94. The Morgan fingerprint density at radius 3 is 2.41 bits per heavy atom. The van der Waals surface area contributed by atoms with Gasteiger partial charge in [0.15, 0.2) is 6.61 Å². The Bertz CT molecular complexity index is 971. The number of carbonyl (C=O) groups is 2. The predicted molar refractivity (Wildman–Crippen MR) is 114 cm³/mol. The predicted octanol–water partition coefficient (Wildman–Crippen LogP) is 3.04. The van der Waals surface area contributed by atoms with Crippen LogP contribution in [0, 0.1) is 13.8 Å². The highest BCUT2D eigenvalue weighted by Crippen LogP contribution is 2.30. The maximum atomic E-state index is 12.4. The van der Waals surface area contributed by atoms with Crippen molar-refractivity contribution in [3.8, 4) is 0 Å². The standard InChI is InChI=1S/C23H25N3O3/c1-14-5-4-6-15(2)20(14)21-19(27)13-29-22(21)26-23(28)25-12-11-17-7-9-18(10-8-17)16(3)24/h4-10H,3,11-13,24H2,1-2H3,(H2,25,26,28). The molecule has 6 heteroatoms. The number of aryl methyl sites for hydroxylation is 2. The molecule has 2 aromatic carbocycles. The highest BCUT2D eigenvalue weighted by Gasteiger charge is 2.29. The van der Waals surface area contributed by atoms with Gasteiger partial charge in [-0.05, 0) is 48.1 Å². The number of ketones is 1. The van der Waals surface area contributed by atoms with E-state index in [1.807, 2.05) is 56.3 Å². The van der Waals surface area contributed by atoms with Gasteiger partial charge in [-0.1, -0.05) is 49.0 Å². The van der Waals surface area contributed by atoms with Gasteiger partial charge in [-0.2, -0.15) is 0 Å². The van der Waals surface area contributed by atoms with Crippen molar-refractivity contribution < 1.29 is 14.3 Å². The third-order valence-corrected chi connectivity index (χ3v) is 4.84. The first-order chi connectivity index (χ1) is 13.9. The number of nitrogens with one attached hydrogen (secondary N) is 2. The number of hydrogen-bond acceptors (Lipinski definition) is 4. The molecule has 0 aromatic heterocycles. The van der Waals surface area contributed by atoms with Crippen LogP contribution in [0.1, 0.15) is 27.8 Å². The second kappa shape index (κ2) is 8.65. The zero-order chi connectivity index (χ0) is 21.0. The molecule has 3 rings (SSSR count). The van der Waals surface area contributed by atoms with Crippen molar-refractivity contribution in [3.63, 3.8) is 0 Å². The SMILES string of the molecule is C=C(N)c1ccc(CCNC(=O)NC2=C(c3c(C)cccc3C)C(=O)CO2)cc1. The molecule has 6 nitrogen and oxygen atoms in total. The molecule has 0 radical (unpaired) electrons. The summed E-state index contributed by atoms with van der Waals surface area (Å²) in [5.74, 6) is 0.0648. The first kappa shape index (κ1) is 20.2. The molecule has 1 aliphatic rings. The fraction of sp³-hybridized carbons (Fsp3) is 0.217. The fourth-order valence-corrected chi connectivity index (χ4v) is 3.32. The third kappa shape index (κ3) is 4.66. The lowest BCUT2D eigenvalue weighted by Crippen LogP contribution is -2.36. The fourth-order valence-electron chi connectivity index (χ4n) is 3.32. The van der Waals surface area contributed by atoms with Crippen molar-refractivity contribution in [2.75, 3.05) is 13.2 Å². The summed E-state index contributed by atoms with van der Waals surface area (Å²) in [6.45, 7) is 7.94. The average Bonchev–Trinajstić information content (AvgIpc) is 3.02. The van der Waals surface area contributed by atoms with E-state index in [1.165, 1.54) is 0 Å². The monoisotopic (exact) mass is 391 g/mol. The smallest absolute Gasteiger partial charge is 0.321 e. The van der Waals surface area contributed by atoms with E-state index in [1.54, 1.807) is 0 Å². The van der Waals surface area contributed by atoms with Gasteiger partial charge in [-0.3, -0.25) is 10.1 Å². The molecule has 2 aromatic rings. The van der Waals surface area contributed by atoms with Crippen molar-refractivity contribution in [1.29, 1.82) is 0 Å². The topological polar surface area (TPSA) is 93.5 Å². The molecule has 0 atom stereocenters. The van der Waals surface area contributed by atoms with Gasteiger partial charge < -0.3 is 15.8 Å². The van der Waals surface area contributed by atoms with Crippen LogP contribution in [0.15, 0.2) is 54.9 Å². The Labute approximate surface area is 170 Å². The van der Waals surface area contributed by atoms with Crippen LogP contribution in [0.5, 0.6) is 0 Å². The molecule has 29 heavy (non-hydrogen) atoms. The molecule has 0 aliphatic carbocycles. The molecule has 0 saturated carbocycles. The Kier molecular flexibility index (Phi) is 6.02. The van der Waals surface area contributed by atoms with Gasteiger partial charge in [0.1, 0.15) is 0 Å². The maximum Gasteiger partial charge on any atom is 0.321 e. The van der Waals surface area contributed by atoms with E-state index in [0.29, 0.717) is 24.2 Å². The molecule has 0 fully saturated rings. The first-order valence-corrected chi connectivity index (χ1v) is 9.42. The van der Waals surface area contributed by atoms with Crippen LogP contribution in [-0.2, 0) is 16.0 Å². The maximum absolute atomic E-state index is 12.4. The van der Waals surface area contributed by atoms with Crippen molar-refractivity contribution in [2.24, 2.45) is 5.73 Å². The molecular weight excluding hydrogens is 366 g/mol. The summed E-state index contributed by atoms with van der Waals surface area (Å²) in [5.41, 5.74) is 11.3. The lowest BCUT2D eigenvalue weighted by molar-refractivity contribution is -0.115. The lowest BCUT2D eigenvalue weighted by Gasteiger charge is -2.12. The van der Waals surface area contributed by atoms with Gasteiger partial charge in [-0.15, -0.1) is 0 Å². The van der Waals surface area contributed by atoms with Crippen molar-refractivity contribution in [1.82, 2.24) is 10.6 Å². The molecule has 2 amide bonds. The van der Waals surface area contributed by atoms with Gasteiger partial charge in [0.25, 0.3) is 0 Å². The van der Waals surface area contributed by atoms with Gasteiger partial charge in [0.05, 0.1) is 5.57 Å². The number of rotatable bonds is 6. The van der Waals surface area contributed by atoms with Crippen LogP contribution in [0.3, 0.4) is 0 Å². The Hall–Kier alpha value is -3.54. The third-order valence-electron chi connectivity index (χ3n) is 4.84. The number of hydrogen-bond donors (Lipinski definition) is 3. The Balaban J connectivity index is 1.64. The molecule has 0 bridgehead atoms. The molecule has 0 spiro atoms. The van der Waals surface area contributed by atoms with E-state index < -0.39 is 6.03 Å². The summed E-state index contributed by atoms with van der Waals surface area (Å²) in [6.07, 6.45) is 0.660. The van der Waals surface area contributed by atoms with Crippen molar-refractivity contribution in [3.05, 3.63) is 82.7 Å². The molecule has 1 heterocycles. The number of Topliss-reactive ketones (excluding diaryl/α,β-unsaturated/α-hetero) is 1. The number of benzene rings is 2. The minimum absolute atomic E-state index is 0.0719. The van der Waals surface area contributed by atoms with Crippen LogP contribution in [0.4, 0.5) is 4.79 Å². The second-order valence-electron chi connectivity index (χ2n) is 7.04. The summed E-state index contributed by atoms with van der Waals surface area (Å²) in [5, 5.41) is 5.47. The van der Waals surface area contributed by atoms with Crippen LogP contribution >= 0.6 is 0 Å². The Morgan fingerprint density at radius 2 is 1.79 bits per heavy atom. The Morgan fingerprint density at radius 1 is 1.14 bits per heavy atom. The second-order valence-corrected chi connectivity index (χ2v) is 7.04. The number of ether oxygens (including phenoxy) is 1. The normalized spacial score (nSPS) is 13.2. The van der Waals surface area contributed by atoms with E-state index in [4.69, 9.17) is 10.5 Å². The number of urea groups is 1. The van der Waals surface area contributed by atoms with E-state index in [2.05, 4.69) is 17.2 Å². The van der Waals surface area contributed by atoms with Crippen LogP contribution in [0.2, 0.25) is 0 Å². The zero-order valence-electron chi connectivity index (χ0n) is 16.7. The molecule has 0 saturated heterocycles. The number of amides is 2. The molecule has 150 valence electrons. The average molecular weight is 391 g/mol. The minimum Gasteiger partial charge on any atom is -0.470 e. The summed E-state index contributed by atoms with van der Waals surface area (Å²) >= 11 is 0. The highest BCUT2D eigenvalue weighted by atomic mass is 16.5. The van der Waals surface area contributed by atoms with E-state index >= 15 is 0 Å². The summed E-state index contributed by atoms with van der Waals surface area (Å²) in [4.78, 5) is 24.7. The highest BCUT2D eigenvalue weighted by molar-refractivity contribution is 6.24. The molecular formula is C23H25N3O3. The van der Waals surface area contributed by atoms with Gasteiger partial charge in [0.2, 0.25) is 11.7 Å². The quantitative estimate of drug-likeness (QED) is 0.706. The summed E-state index contributed by atoms with van der Waals surface area (Å²) in [7, 11) is 0. The minimum atomic E-state index is -0.412. The first-order valence-electron chi connectivity index (χ1n) is 9.42. The van der Waals surface area contributed by atoms with Crippen LogP contribution in [-0.4, -0.2) is 25.0 Å². The van der Waals surface area contributed by atoms with E-state index in [-0.39, 0.29) is 18.3 Å². The number of nitrogens with two attached hydrogens (primary N) is 1. The summed E-state index contributed by atoms with van der Waals surface area (Å²) < 4.78 is 5.45. The molecule has 4 N–H and O–H groups in total. The van der Waals surface area contributed by atoms with E-state index in [0.717, 1.165) is 27.8 Å². The zero-order valence-corrected chi connectivity index (χ0v) is 16.7. The van der Waals surface area contributed by atoms with Crippen LogP contribution < -0.4 is 16.4 Å². The van der Waals surface area contributed by atoms with Gasteiger partial charge in [-0.25, -0.2) is 4.79 Å². The number of carbonyl (C=O) groups excluding carboxylic acids is 2. The van der Waals surface area contributed by atoms with Crippen molar-refractivity contribution in [2.45, 2.75) is 20.3 Å². The molecule has 0 unspecified atom stereocenters.